The smallest absolute Gasteiger partial charge is 0.339 e. The predicted molar refractivity (Wildman–Crippen MR) is 151 cm³/mol. The van der Waals surface area contributed by atoms with E-state index in [2.05, 4.69) is 5.10 Å². The number of ether oxygens (including phenoxy) is 3. The molecule has 3 N–H and O–H groups in total. The number of aromatic nitrogens is 2. The Bertz CT molecular complexity index is 1500. The number of carbonyl (C=O) groups excluding carboxylic acids is 1. The number of benzene rings is 2. The number of methoxy groups -OCH3 is 2. The summed E-state index contributed by atoms with van der Waals surface area (Å²) in [5.41, 5.74) is 0.526. The molecule has 0 saturated heterocycles. The molecule has 0 bridgehead atoms. The van der Waals surface area contributed by atoms with Crippen LogP contribution in [0.3, 0.4) is 0 Å². The molecule has 0 saturated carbocycles. The van der Waals surface area contributed by atoms with Gasteiger partial charge in [-0.1, -0.05) is 37.6 Å². The second-order valence-electron chi connectivity index (χ2n) is 10.6. The molecule has 2 aromatic carbocycles. The maximum atomic E-state index is 14.3. The number of aliphatic carboxylic acids is 1. The van der Waals surface area contributed by atoms with Gasteiger partial charge >= 0.3 is 11.9 Å². The number of amides is 1. The second-order valence-corrected chi connectivity index (χ2v) is 11.0. The summed E-state index contributed by atoms with van der Waals surface area (Å²) in [5.74, 6) is -2.32. The van der Waals surface area contributed by atoms with E-state index < -0.39 is 42.0 Å². The molecule has 0 aliphatic carbocycles. The number of aromatic carboxylic acids is 1. The first-order valence-electron chi connectivity index (χ1n) is 13.0. The normalized spacial score (nSPS) is 17.0. The number of hydrogen-bond acceptors (Lipinski definition) is 8. The topological polar surface area (TPSA) is 161 Å². The minimum atomic E-state index is -1.33. The third-order valence-corrected chi connectivity index (χ3v) is 7.21. The van der Waals surface area contributed by atoms with Crippen molar-refractivity contribution in [1.29, 1.82) is 0 Å². The molecule has 13 heteroatoms. The highest BCUT2D eigenvalue weighted by Gasteiger charge is 2.41. The van der Waals surface area contributed by atoms with Gasteiger partial charge in [0.05, 0.1) is 26.1 Å². The number of hydrogen-bond donors (Lipinski definition) is 3. The Hall–Kier alpha value is -4.13. The van der Waals surface area contributed by atoms with Crippen LogP contribution in [0.25, 0.3) is 0 Å². The molecule has 0 fully saturated rings. The van der Waals surface area contributed by atoms with Gasteiger partial charge < -0.3 is 34.4 Å². The van der Waals surface area contributed by atoms with Crippen molar-refractivity contribution in [3.8, 4) is 11.5 Å². The molecule has 224 valence electrons. The minimum Gasteiger partial charge on any atom is -0.493 e. The Balaban J connectivity index is 1.95. The zero-order chi connectivity index (χ0) is 30.8. The van der Waals surface area contributed by atoms with E-state index in [4.69, 9.17) is 25.8 Å². The molecule has 1 aliphatic rings. The maximum absolute atomic E-state index is 14.3. The van der Waals surface area contributed by atoms with Crippen molar-refractivity contribution < 1.29 is 43.9 Å². The standard InChI is InChI=1S/C29H32ClN3O9/c1-29(2,15-34)14-32-20-9-8-16(30)10-18(20)25(17-6-5-7-22(40-3)26(17)41-4)42-23(27(32)37)11-21-19(28(38)39)12-31-33(21)13-24(35)36/h5-10,12,23,25,34H,11,13-15H2,1-4H3,(H,35,36)(H,38,39)/t23-,25-/m1/s1. The Kier molecular flexibility index (Phi) is 9.09. The number of para-hydroxylation sites is 1. The fourth-order valence-corrected chi connectivity index (χ4v) is 5.13. The SMILES string of the molecule is COc1cccc([C@H]2O[C@H](Cc3c(C(=O)O)cnn3CC(=O)O)C(=O)N(CC(C)(C)CO)c3ccc(Cl)cc32)c1OC. The van der Waals surface area contributed by atoms with Crippen molar-refractivity contribution in [2.75, 3.05) is 32.3 Å². The van der Waals surface area contributed by atoms with Gasteiger partial charge in [-0.15, -0.1) is 0 Å². The zero-order valence-corrected chi connectivity index (χ0v) is 24.3. The number of rotatable bonds is 11. The Morgan fingerprint density at radius 3 is 2.48 bits per heavy atom. The van der Waals surface area contributed by atoms with Crippen molar-refractivity contribution in [3.63, 3.8) is 0 Å². The van der Waals surface area contributed by atoms with Crippen molar-refractivity contribution >= 4 is 35.1 Å². The first-order chi connectivity index (χ1) is 19.9. The largest absolute Gasteiger partial charge is 0.493 e. The minimum absolute atomic E-state index is 0.00460. The van der Waals surface area contributed by atoms with Crippen LogP contribution in [0.1, 0.15) is 47.1 Å². The number of anilines is 1. The lowest BCUT2D eigenvalue weighted by atomic mass is 9.92. The number of carboxylic acid groups (broad SMARTS) is 2. The Labute approximate surface area is 247 Å². The van der Waals surface area contributed by atoms with E-state index in [9.17, 15) is 29.7 Å². The van der Waals surface area contributed by atoms with Crippen molar-refractivity contribution in [2.45, 2.75) is 39.0 Å². The van der Waals surface area contributed by atoms with Crippen LogP contribution in [-0.2, 0) is 27.3 Å². The van der Waals surface area contributed by atoms with Gasteiger partial charge in [0.25, 0.3) is 5.91 Å². The van der Waals surface area contributed by atoms with Crippen molar-refractivity contribution in [3.05, 3.63) is 70.0 Å². The van der Waals surface area contributed by atoms with Crippen LogP contribution in [0, 0.1) is 5.41 Å². The maximum Gasteiger partial charge on any atom is 0.339 e. The lowest BCUT2D eigenvalue weighted by Crippen LogP contribution is -2.46. The summed E-state index contributed by atoms with van der Waals surface area (Å²) in [6, 6.07) is 10.2. The third-order valence-electron chi connectivity index (χ3n) is 6.98. The monoisotopic (exact) mass is 601 g/mol. The van der Waals surface area contributed by atoms with Crippen molar-refractivity contribution in [2.24, 2.45) is 5.41 Å². The summed E-state index contributed by atoms with van der Waals surface area (Å²) in [6.07, 6.45) is -1.53. The van der Waals surface area contributed by atoms with Crippen LogP contribution in [0.5, 0.6) is 11.5 Å². The van der Waals surface area contributed by atoms with E-state index in [1.54, 1.807) is 50.2 Å². The molecule has 0 unspecified atom stereocenters. The molecule has 12 nitrogen and oxygen atoms in total. The first kappa shape index (κ1) is 30.8. The summed E-state index contributed by atoms with van der Waals surface area (Å²) >= 11 is 6.45. The lowest BCUT2D eigenvalue weighted by Gasteiger charge is -2.32. The highest BCUT2D eigenvalue weighted by Crippen LogP contribution is 2.45. The predicted octanol–water partition coefficient (Wildman–Crippen LogP) is 3.42. The van der Waals surface area contributed by atoms with E-state index >= 15 is 0 Å². The molecule has 4 rings (SSSR count). The van der Waals surface area contributed by atoms with Gasteiger partial charge in [-0.25, -0.2) is 4.79 Å². The van der Waals surface area contributed by atoms with Crippen LogP contribution in [-0.4, -0.2) is 76.4 Å². The molecule has 1 amide bonds. The summed E-state index contributed by atoms with van der Waals surface area (Å²) < 4.78 is 18.8. The molecule has 42 heavy (non-hydrogen) atoms. The van der Waals surface area contributed by atoms with E-state index in [0.717, 1.165) is 10.9 Å². The van der Waals surface area contributed by atoms with Gasteiger partial charge in [0, 0.05) is 46.8 Å². The number of carbonyl (C=O) groups is 3. The molecule has 2 heterocycles. The van der Waals surface area contributed by atoms with Crippen LogP contribution in [0.4, 0.5) is 5.69 Å². The lowest BCUT2D eigenvalue weighted by molar-refractivity contribution is -0.138. The van der Waals surface area contributed by atoms with Gasteiger partial charge in [0.1, 0.15) is 24.3 Å². The molecule has 0 spiro atoms. The number of aliphatic hydroxyl groups is 1. The molecule has 1 aliphatic heterocycles. The van der Waals surface area contributed by atoms with Gasteiger partial charge in [-0.2, -0.15) is 5.10 Å². The Morgan fingerprint density at radius 2 is 1.86 bits per heavy atom. The van der Waals surface area contributed by atoms with Crippen LogP contribution < -0.4 is 14.4 Å². The molecule has 2 atom stereocenters. The fourth-order valence-electron chi connectivity index (χ4n) is 4.95. The van der Waals surface area contributed by atoms with E-state index in [1.165, 1.54) is 19.1 Å². The quantitative estimate of drug-likeness (QED) is 0.297. The zero-order valence-electron chi connectivity index (χ0n) is 23.5. The number of fused-ring (bicyclic) bond motifs is 1. The molecule has 0 radical (unpaired) electrons. The van der Waals surface area contributed by atoms with E-state index in [1.807, 2.05) is 0 Å². The molecule has 3 aromatic rings. The average Bonchev–Trinajstić information content (AvgIpc) is 3.30. The van der Waals surface area contributed by atoms with Gasteiger partial charge in [0.15, 0.2) is 11.5 Å². The Morgan fingerprint density at radius 1 is 1.12 bits per heavy atom. The summed E-state index contributed by atoms with van der Waals surface area (Å²) in [7, 11) is 2.96. The number of aliphatic hydroxyl groups excluding tert-OH is 1. The number of carboxylic acids is 2. The highest BCUT2D eigenvalue weighted by atomic mass is 35.5. The van der Waals surface area contributed by atoms with Crippen LogP contribution >= 0.6 is 11.6 Å². The first-order valence-corrected chi connectivity index (χ1v) is 13.4. The molecular weight excluding hydrogens is 570 g/mol. The van der Waals surface area contributed by atoms with E-state index in [-0.39, 0.29) is 30.8 Å². The summed E-state index contributed by atoms with van der Waals surface area (Å²) in [4.78, 5) is 39.4. The fraction of sp³-hybridized carbons (Fsp3) is 0.379. The van der Waals surface area contributed by atoms with Crippen LogP contribution in [0.15, 0.2) is 42.6 Å². The highest BCUT2D eigenvalue weighted by molar-refractivity contribution is 6.30. The number of nitrogens with zero attached hydrogens (tertiary/aromatic N) is 3. The molecule has 1 aromatic heterocycles. The number of halogens is 1. The average molecular weight is 602 g/mol. The summed E-state index contributed by atoms with van der Waals surface area (Å²) in [6.45, 7) is 2.83. The second kappa shape index (κ2) is 12.4. The third kappa shape index (κ3) is 6.20. The van der Waals surface area contributed by atoms with Crippen molar-refractivity contribution in [1.82, 2.24) is 9.78 Å². The van der Waals surface area contributed by atoms with Gasteiger partial charge in [-0.05, 0) is 24.3 Å². The summed E-state index contributed by atoms with van der Waals surface area (Å²) in [5, 5.41) is 33.6. The van der Waals surface area contributed by atoms with Gasteiger partial charge in [-0.3, -0.25) is 14.3 Å². The molecular formula is C29H32ClN3O9. The van der Waals surface area contributed by atoms with E-state index in [0.29, 0.717) is 33.3 Å². The van der Waals surface area contributed by atoms with Gasteiger partial charge in [0.2, 0.25) is 0 Å². The van der Waals surface area contributed by atoms with Crippen LogP contribution in [0.2, 0.25) is 5.02 Å².